The number of hydrogen-bond acceptors (Lipinski definition) is 5. The Kier molecular flexibility index (Phi) is 6.70. The third kappa shape index (κ3) is 4.82. The zero-order valence-corrected chi connectivity index (χ0v) is 19.9. The first kappa shape index (κ1) is 21.6. The van der Waals surface area contributed by atoms with Crippen LogP contribution in [-0.2, 0) is 11.4 Å². The molecule has 0 spiro atoms. The normalized spacial score (nSPS) is 14.7. The number of anilines is 1. The molecule has 1 aliphatic heterocycles. The topological polar surface area (TPSA) is 53.3 Å². The highest BCUT2D eigenvalue weighted by atomic mass is 127. The molecule has 1 heterocycles. The number of amides is 1. The summed E-state index contributed by atoms with van der Waals surface area (Å²) < 4.78 is 7.36. The predicted octanol–water partition coefficient (Wildman–Crippen LogP) is 6.15. The number of nitriles is 1. The minimum Gasteiger partial charge on any atom is -0.488 e. The molecule has 3 aromatic carbocycles. The third-order valence-corrected chi connectivity index (χ3v) is 6.73. The van der Waals surface area contributed by atoms with Gasteiger partial charge in [-0.1, -0.05) is 66.4 Å². The van der Waals surface area contributed by atoms with Crippen LogP contribution in [0.15, 0.2) is 77.7 Å². The lowest BCUT2D eigenvalue weighted by Crippen LogP contribution is -2.27. The SMILES string of the molecule is N#Cc1ccccc1COc1ccc(/C=C2/SC(=S)N(c3ccccc3)C2=O)cc1I. The van der Waals surface area contributed by atoms with Gasteiger partial charge in [0.25, 0.3) is 5.91 Å². The Labute approximate surface area is 203 Å². The summed E-state index contributed by atoms with van der Waals surface area (Å²) in [5, 5.41) is 9.22. The molecule has 31 heavy (non-hydrogen) atoms. The lowest BCUT2D eigenvalue weighted by atomic mass is 10.1. The summed E-state index contributed by atoms with van der Waals surface area (Å²) in [4.78, 5) is 15.0. The van der Waals surface area contributed by atoms with Crippen molar-refractivity contribution >= 4 is 68.6 Å². The van der Waals surface area contributed by atoms with Crippen LogP contribution >= 0.6 is 46.6 Å². The molecule has 1 fully saturated rings. The van der Waals surface area contributed by atoms with Gasteiger partial charge in [0.2, 0.25) is 0 Å². The summed E-state index contributed by atoms with van der Waals surface area (Å²) in [6.45, 7) is 0.314. The van der Waals surface area contributed by atoms with Gasteiger partial charge in [-0.15, -0.1) is 0 Å². The van der Waals surface area contributed by atoms with Gasteiger partial charge in [-0.2, -0.15) is 5.26 Å². The number of thiocarbonyl (C=S) groups is 1. The average Bonchev–Trinajstić information content (AvgIpc) is 3.06. The highest BCUT2D eigenvalue weighted by Gasteiger charge is 2.33. The minimum absolute atomic E-state index is 0.121. The Balaban J connectivity index is 1.51. The van der Waals surface area contributed by atoms with Crippen LogP contribution in [0.25, 0.3) is 6.08 Å². The van der Waals surface area contributed by atoms with E-state index in [1.807, 2.05) is 72.8 Å². The van der Waals surface area contributed by atoms with Crippen LogP contribution in [0.3, 0.4) is 0 Å². The number of thioether (sulfide) groups is 1. The van der Waals surface area contributed by atoms with E-state index in [9.17, 15) is 10.1 Å². The zero-order chi connectivity index (χ0) is 21.8. The van der Waals surface area contributed by atoms with E-state index >= 15 is 0 Å². The molecule has 0 N–H and O–H groups in total. The van der Waals surface area contributed by atoms with Gasteiger partial charge >= 0.3 is 0 Å². The first-order valence-electron chi connectivity index (χ1n) is 9.30. The van der Waals surface area contributed by atoms with Crippen molar-refractivity contribution in [2.75, 3.05) is 4.90 Å². The maximum absolute atomic E-state index is 12.9. The monoisotopic (exact) mass is 554 g/mol. The highest BCUT2D eigenvalue weighted by molar-refractivity contribution is 14.1. The Morgan fingerprint density at radius 3 is 2.58 bits per heavy atom. The van der Waals surface area contributed by atoms with Gasteiger partial charge in [0.15, 0.2) is 4.32 Å². The number of carbonyl (C=O) groups excluding carboxylic acids is 1. The molecule has 4 nitrogen and oxygen atoms in total. The number of ether oxygens (including phenoxy) is 1. The maximum atomic E-state index is 12.9. The summed E-state index contributed by atoms with van der Waals surface area (Å²) in [6, 6.07) is 24.7. The zero-order valence-electron chi connectivity index (χ0n) is 16.1. The number of halogens is 1. The van der Waals surface area contributed by atoms with Crippen LogP contribution in [0.5, 0.6) is 5.75 Å². The molecule has 0 aromatic heterocycles. The van der Waals surface area contributed by atoms with Gasteiger partial charge in [-0.25, -0.2) is 0 Å². The van der Waals surface area contributed by atoms with Crippen molar-refractivity contribution in [1.82, 2.24) is 0 Å². The molecule has 0 atom stereocenters. The van der Waals surface area contributed by atoms with E-state index in [0.29, 0.717) is 21.4 Å². The first-order valence-corrected chi connectivity index (χ1v) is 11.6. The second-order valence-electron chi connectivity index (χ2n) is 6.60. The molecule has 0 radical (unpaired) electrons. The average molecular weight is 554 g/mol. The van der Waals surface area contributed by atoms with Crippen molar-refractivity contribution in [2.45, 2.75) is 6.61 Å². The van der Waals surface area contributed by atoms with E-state index in [4.69, 9.17) is 17.0 Å². The Bertz CT molecular complexity index is 1240. The fraction of sp³-hybridized carbons (Fsp3) is 0.0417. The second kappa shape index (κ2) is 9.64. The highest BCUT2D eigenvalue weighted by Crippen LogP contribution is 2.36. The van der Waals surface area contributed by atoms with E-state index in [1.165, 1.54) is 11.8 Å². The van der Waals surface area contributed by atoms with Crippen molar-refractivity contribution in [3.8, 4) is 11.8 Å². The van der Waals surface area contributed by atoms with E-state index in [-0.39, 0.29) is 5.91 Å². The molecule has 7 heteroatoms. The summed E-state index contributed by atoms with van der Waals surface area (Å²) in [5.74, 6) is 0.604. The van der Waals surface area contributed by atoms with Crippen molar-refractivity contribution < 1.29 is 9.53 Å². The molecule has 0 saturated carbocycles. The van der Waals surface area contributed by atoms with Crippen molar-refractivity contribution in [3.63, 3.8) is 0 Å². The number of hydrogen-bond donors (Lipinski definition) is 0. The summed E-state index contributed by atoms with van der Waals surface area (Å²) in [6.07, 6.45) is 1.85. The summed E-state index contributed by atoms with van der Waals surface area (Å²) >= 11 is 8.93. The molecule has 0 unspecified atom stereocenters. The van der Waals surface area contributed by atoms with Gasteiger partial charge in [0, 0.05) is 5.56 Å². The summed E-state index contributed by atoms with van der Waals surface area (Å²) in [5.41, 5.74) is 3.11. The smallest absolute Gasteiger partial charge is 0.270 e. The lowest BCUT2D eigenvalue weighted by Gasteiger charge is -2.13. The van der Waals surface area contributed by atoms with Gasteiger partial charge in [0.1, 0.15) is 12.4 Å². The quantitative estimate of drug-likeness (QED) is 0.215. The van der Waals surface area contributed by atoms with E-state index in [0.717, 1.165) is 26.1 Å². The predicted molar refractivity (Wildman–Crippen MR) is 137 cm³/mol. The molecule has 0 aliphatic carbocycles. The number of nitrogens with zero attached hydrogens (tertiary/aromatic N) is 2. The minimum atomic E-state index is -0.121. The Morgan fingerprint density at radius 1 is 1.10 bits per heavy atom. The van der Waals surface area contributed by atoms with Gasteiger partial charge < -0.3 is 4.74 Å². The second-order valence-corrected chi connectivity index (χ2v) is 9.44. The Morgan fingerprint density at radius 2 is 1.84 bits per heavy atom. The number of para-hydroxylation sites is 1. The van der Waals surface area contributed by atoms with Crippen molar-refractivity contribution in [2.24, 2.45) is 0 Å². The van der Waals surface area contributed by atoms with Crippen molar-refractivity contribution in [1.29, 1.82) is 5.26 Å². The largest absolute Gasteiger partial charge is 0.488 e. The van der Waals surface area contributed by atoms with E-state index < -0.39 is 0 Å². The molecule has 4 rings (SSSR count). The molecule has 152 valence electrons. The van der Waals surface area contributed by atoms with Gasteiger partial charge in [-0.05, 0) is 64.6 Å². The van der Waals surface area contributed by atoms with Gasteiger partial charge in [0.05, 0.1) is 25.8 Å². The molecular formula is C24H15IN2O2S2. The van der Waals surface area contributed by atoms with Crippen LogP contribution in [0, 0.1) is 14.9 Å². The van der Waals surface area contributed by atoms with Crippen LogP contribution in [0.1, 0.15) is 16.7 Å². The van der Waals surface area contributed by atoms with Crippen LogP contribution in [-0.4, -0.2) is 10.2 Å². The Hall–Kier alpha value is -2.67. The fourth-order valence-corrected chi connectivity index (χ4v) is 5.05. The molecular weight excluding hydrogens is 539 g/mol. The standard InChI is InChI=1S/C24H15IN2O2S2/c25-20-12-16(10-11-21(20)29-15-18-7-5-4-6-17(18)14-26)13-22-23(28)27(24(30)31-22)19-8-2-1-3-9-19/h1-13H,15H2/b22-13+. The molecule has 1 aliphatic rings. The molecule has 1 amide bonds. The van der Waals surface area contributed by atoms with Crippen molar-refractivity contribution in [3.05, 3.63) is 98.0 Å². The number of rotatable bonds is 5. The van der Waals surface area contributed by atoms with Gasteiger partial charge in [-0.3, -0.25) is 9.69 Å². The van der Waals surface area contributed by atoms with E-state index in [1.54, 1.807) is 11.0 Å². The van der Waals surface area contributed by atoms with E-state index in [2.05, 4.69) is 28.7 Å². The fourth-order valence-electron chi connectivity index (χ4n) is 3.05. The third-order valence-electron chi connectivity index (χ3n) is 4.58. The first-order chi connectivity index (χ1) is 15.1. The summed E-state index contributed by atoms with van der Waals surface area (Å²) in [7, 11) is 0. The van der Waals surface area contributed by atoms with Crippen LogP contribution in [0.4, 0.5) is 5.69 Å². The van der Waals surface area contributed by atoms with Crippen LogP contribution in [0.2, 0.25) is 0 Å². The molecule has 3 aromatic rings. The molecule has 1 saturated heterocycles. The number of carbonyl (C=O) groups is 1. The molecule has 0 bridgehead atoms. The maximum Gasteiger partial charge on any atom is 0.270 e. The van der Waals surface area contributed by atoms with Crippen LogP contribution < -0.4 is 9.64 Å². The lowest BCUT2D eigenvalue weighted by molar-refractivity contribution is -0.113. The number of benzene rings is 3.